The number of carbonyl (C=O) groups excluding carboxylic acids is 4. The zero-order valence-electron chi connectivity index (χ0n) is 32.0. The predicted octanol–water partition coefficient (Wildman–Crippen LogP) is 5.85. The minimum Gasteiger partial charge on any atom is -0.472 e. The Morgan fingerprint density at radius 1 is 1.12 bits per heavy atom. The number of furan rings is 1. The zero-order chi connectivity index (χ0) is 40.3. The number of likely N-dealkylation sites (tertiary alicyclic amines) is 1. The molecular formula is C41H47ClN4O9S. The van der Waals surface area contributed by atoms with Gasteiger partial charge in [-0.15, -0.1) is 6.58 Å². The molecule has 2 N–H and O–H groups in total. The second-order valence-electron chi connectivity index (χ2n) is 16.6. The van der Waals surface area contributed by atoms with Crippen LogP contribution < -0.4 is 14.8 Å². The van der Waals surface area contributed by atoms with Gasteiger partial charge in [0.05, 0.1) is 29.7 Å². The molecule has 1 saturated heterocycles. The lowest BCUT2D eigenvalue weighted by atomic mass is 9.90. The summed E-state index contributed by atoms with van der Waals surface area (Å²) in [7, 11) is -3.80. The first kappa shape index (κ1) is 39.7. The lowest BCUT2D eigenvalue weighted by molar-refractivity contribution is -0.159. The lowest BCUT2D eigenvalue weighted by Gasteiger charge is -2.32. The molecule has 2 aromatic carbocycles. The van der Waals surface area contributed by atoms with Crippen LogP contribution in [0, 0.1) is 17.8 Å². The zero-order valence-corrected chi connectivity index (χ0v) is 33.6. The van der Waals surface area contributed by atoms with Gasteiger partial charge in [-0.2, -0.15) is 0 Å². The Morgan fingerprint density at radius 3 is 2.46 bits per heavy atom. The van der Waals surface area contributed by atoms with Crippen LogP contribution in [-0.2, 0) is 33.9 Å². The van der Waals surface area contributed by atoms with E-state index in [0.29, 0.717) is 51.6 Å². The molecule has 13 nitrogen and oxygen atoms in total. The summed E-state index contributed by atoms with van der Waals surface area (Å²) < 4.78 is 46.9. The first-order valence-electron chi connectivity index (χ1n) is 18.9. The maximum Gasteiger partial charge on any atom is 0.307 e. The molecule has 298 valence electrons. The SMILES string of the molecule is C=C[C@@H]1C[C@]1(NC(=O)[C@@H]1CC(Oc2nc3c4cc(Cl)ccc4oc3c3ccccc23)CN1C(=O)[C@@H](CC(=O)OC(C)(C)C)C(C)C)C(C=O)NS(=O)(=O)C1CC1. The number of carbonyl (C=O) groups is 4. The number of benzene rings is 2. The van der Waals surface area contributed by atoms with Gasteiger partial charge in [-0.05, 0) is 70.2 Å². The topological polar surface area (TPSA) is 174 Å². The number of nitrogens with zero attached hydrogens (tertiary/aromatic N) is 2. The Kier molecular flexibility index (Phi) is 10.5. The summed E-state index contributed by atoms with van der Waals surface area (Å²) in [4.78, 5) is 61.0. The van der Waals surface area contributed by atoms with Crippen LogP contribution in [0.1, 0.15) is 66.7 Å². The van der Waals surface area contributed by atoms with Gasteiger partial charge in [-0.25, -0.2) is 18.1 Å². The molecule has 2 amide bonds. The number of nitrogens with one attached hydrogen (secondary N) is 2. The molecule has 7 rings (SSSR count). The van der Waals surface area contributed by atoms with Gasteiger partial charge in [0.1, 0.15) is 41.2 Å². The molecule has 6 atom stereocenters. The third kappa shape index (κ3) is 7.75. The molecule has 2 saturated carbocycles. The quantitative estimate of drug-likeness (QED) is 0.0894. The van der Waals surface area contributed by atoms with Gasteiger partial charge in [0.15, 0.2) is 5.58 Å². The van der Waals surface area contributed by atoms with Crippen LogP contribution in [0.25, 0.3) is 32.8 Å². The number of fused-ring (bicyclic) bond motifs is 5. The Bertz CT molecular complexity index is 2350. The average Bonchev–Trinajstić information content (AvgIpc) is 4.04. The molecule has 3 fully saturated rings. The van der Waals surface area contributed by atoms with Crippen molar-refractivity contribution in [1.29, 1.82) is 0 Å². The van der Waals surface area contributed by atoms with E-state index in [2.05, 4.69) is 16.6 Å². The van der Waals surface area contributed by atoms with Crippen LogP contribution >= 0.6 is 11.6 Å². The third-order valence-corrected chi connectivity index (χ3v) is 13.1. The van der Waals surface area contributed by atoms with Crippen molar-refractivity contribution >= 4 is 78.5 Å². The van der Waals surface area contributed by atoms with Crippen molar-refractivity contribution in [3.63, 3.8) is 0 Å². The largest absolute Gasteiger partial charge is 0.472 e. The van der Waals surface area contributed by atoms with Crippen LogP contribution in [0.5, 0.6) is 5.88 Å². The number of rotatable bonds is 14. The molecule has 2 aliphatic carbocycles. The van der Waals surface area contributed by atoms with Crippen molar-refractivity contribution in [2.24, 2.45) is 17.8 Å². The number of hydrogen-bond donors (Lipinski definition) is 2. The van der Waals surface area contributed by atoms with Crippen LogP contribution in [0.4, 0.5) is 0 Å². The summed E-state index contributed by atoms with van der Waals surface area (Å²) in [5, 5.41) is 5.00. The fourth-order valence-corrected chi connectivity index (χ4v) is 9.52. The van der Waals surface area contributed by atoms with E-state index in [4.69, 9.17) is 30.5 Å². The van der Waals surface area contributed by atoms with Crippen molar-refractivity contribution in [2.75, 3.05) is 6.54 Å². The van der Waals surface area contributed by atoms with E-state index < -0.39 is 74.2 Å². The first-order valence-corrected chi connectivity index (χ1v) is 20.9. The van der Waals surface area contributed by atoms with E-state index in [1.165, 1.54) is 4.90 Å². The first-order chi connectivity index (χ1) is 26.4. The normalized spacial score (nSPS) is 23.6. The van der Waals surface area contributed by atoms with Crippen LogP contribution in [0.15, 0.2) is 59.5 Å². The van der Waals surface area contributed by atoms with Gasteiger partial charge in [-0.1, -0.05) is 49.7 Å². The molecule has 0 bridgehead atoms. The number of pyridine rings is 1. The number of aromatic nitrogens is 1. The van der Waals surface area contributed by atoms with Crippen molar-refractivity contribution in [3.8, 4) is 5.88 Å². The molecule has 0 spiro atoms. The third-order valence-electron chi connectivity index (χ3n) is 10.9. The maximum absolute atomic E-state index is 14.6. The molecule has 2 unspecified atom stereocenters. The van der Waals surface area contributed by atoms with Crippen molar-refractivity contribution in [1.82, 2.24) is 19.9 Å². The fraction of sp³-hybridized carbons (Fsp3) is 0.488. The minimum atomic E-state index is -3.80. The van der Waals surface area contributed by atoms with Crippen molar-refractivity contribution in [3.05, 3.63) is 60.1 Å². The highest BCUT2D eigenvalue weighted by molar-refractivity contribution is 7.90. The number of aldehydes is 1. The molecule has 3 heterocycles. The second-order valence-corrected chi connectivity index (χ2v) is 19.0. The summed E-state index contributed by atoms with van der Waals surface area (Å²) >= 11 is 6.36. The Labute approximate surface area is 330 Å². The molecule has 2 aromatic heterocycles. The summed E-state index contributed by atoms with van der Waals surface area (Å²) in [6.07, 6.45) is 2.44. The summed E-state index contributed by atoms with van der Waals surface area (Å²) in [6.45, 7) is 12.7. The monoisotopic (exact) mass is 806 g/mol. The lowest BCUT2D eigenvalue weighted by Crippen LogP contribution is -2.59. The Morgan fingerprint density at radius 2 is 1.84 bits per heavy atom. The highest BCUT2D eigenvalue weighted by Crippen LogP contribution is 2.48. The van der Waals surface area contributed by atoms with Crippen LogP contribution in [0.2, 0.25) is 5.02 Å². The Hall–Kier alpha value is -4.53. The highest BCUT2D eigenvalue weighted by atomic mass is 35.5. The van der Waals surface area contributed by atoms with E-state index in [1.54, 1.807) is 45.0 Å². The van der Waals surface area contributed by atoms with Gasteiger partial charge in [0, 0.05) is 33.5 Å². The summed E-state index contributed by atoms with van der Waals surface area (Å²) in [5.74, 6) is -2.84. The summed E-state index contributed by atoms with van der Waals surface area (Å²) in [5.41, 5.74) is -0.362. The van der Waals surface area contributed by atoms with E-state index in [9.17, 15) is 27.6 Å². The van der Waals surface area contributed by atoms with E-state index in [1.807, 2.05) is 38.1 Å². The number of hydrogen-bond acceptors (Lipinski definition) is 10. The second kappa shape index (κ2) is 14.8. The van der Waals surface area contributed by atoms with Gasteiger partial charge in [0.2, 0.25) is 27.7 Å². The van der Waals surface area contributed by atoms with Crippen LogP contribution in [-0.4, -0.2) is 83.5 Å². The number of amides is 2. The Balaban J connectivity index is 1.23. The number of ether oxygens (including phenoxy) is 2. The van der Waals surface area contributed by atoms with Gasteiger partial charge >= 0.3 is 5.97 Å². The number of esters is 1. The fourth-order valence-electron chi connectivity index (χ4n) is 7.78. The average molecular weight is 807 g/mol. The predicted molar refractivity (Wildman–Crippen MR) is 211 cm³/mol. The van der Waals surface area contributed by atoms with E-state index >= 15 is 0 Å². The van der Waals surface area contributed by atoms with E-state index in [-0.39, 0.29) is 37.6 Å². The molecule has 3 aliphatic rings. The summed E-state index contributed by atoms with van der Waals surface area (Å²) in [6, 6.07) is 10.4. The minimum absolute atomic E-state index is 0.0240. The van der Waals surface area contributed by atoms with Crippen LogP contribution in [0.3, 0.4) is 0 Å². The molecule has 4 aromatic rings. The molecule has 15 heteroatoms. The van der Waals surface area contributed by atoms with E-state index in [0.717, 1.165) is 5.39 Å². The molecule has 56 heavy (non-hydrogen) atoms. The van der Waals surface area contributed by atoms with Gasteiger partial charge in [-0.3, -0.25) is 14.4 Å². The van der Waals surface area contributed by atoms with Crippen molar-refractivity contribution < 1.29 is 41.5 Å². The van der Waals surface area contributed by atoms with Gasteiger partial charge in [0.25, 0.3) is 0 Å². The molecule has 1 aliphatic heterocycles. The van der Waals surface area contributed by atoms with Gasteiger partial charge < -0.3 is 28.9 Å². The number of sulfonamides is 1. The molecule has 0 radical (unpaired) electrons. The van der Waals surface area contributed by atoms with Crippen molar-refractivity contribution in [2.45, 2.75) is 101 Å². The molecular weight excluding hydrogens is 760 g/mol. The smallest absolute Gasteiger partial charge is 0.307 e. The standard InChI is InChI=1S/C41H47ClN4O9S/c1-7-23-19-41(23,33(21-47)45-56(51,52)26-13-14-26)44-37(49)31-17-25(20-46(31)39(50)29(22(2)3)18-34(48)55-40(4,5)6)53-38-28-11-9-8-10-27(28)36-35(43-38)30-16-24(42)12-15-32(30)54-36/h7-12,15-16,21-23,25-26,29,31,33,45H,1,13-14,17-20H2,2-6H3,(H,44,49)/t23-,25?,29+,31+,33?,41-/m1/s1. The number of halogens is 1. The maximum atomic E-state index is 14.6. The highest BCUT2D eigenvalue weighted by Gasteiger charge is 2.61.